The van der Waals surface area contributed by atoms with Gasteiger partial charge >= 0.3 is 0 Å². The van der Waals surface area contributed by atoms with Crippen LogP contribution >= 0.6 is 0 Å². The molecule has 0 radical (unpaired) electrons. The lowest BCUT2D eigenvalue weighted by molar-refractivity contribution is 0.120. The fraction of sp³-hybridized carbons (Fsp3) is 0.600. The fourth-order valence-electron chi connectivity index (χ4n) is 2.23. The van der Waals surface area contributed by atoms with Crippen molar-refractivity contribution in [3.63, 3.8) is 0 Å². The molecule has 1 saturated carbocycles. The maximum absolute atomic E-state index is 5.94. The van der Waals surface area contributed by atoms with Gasteiger partial charge in [-0.15, -0.1) is 0 Å². The van der Waals surface area contributed by atoms with Crippen LogP contribution < -0.4 is 10.1 Å². The first kappa shape index (κ1) is 12.4. The predicted octanol–water partition coefficient (Wildman–Crippen LogP) is 3.68. The quantitative estimate of drug-likeness (QED) is 0.809. The summed E-state index contributed by atoms with van der Waals surface area (Å²) in [6, 6.07) is 8.99. The summed E-state index contributed by atoms with van der Waals surface area (Å²) in [6.07, 6.45) is 5.33. The zero-order valence-electron chi connectivity index (χ0n) is 10.9. The van der Waals surface area contributed by atoms with Crippen molar-refractivity contribution in [3.8, 4) is 5.75 Å². The van der Waals surface area contributed by atoms with Crippen LogP contribution in [0.1, 0.15) is 51.1 Å². The van der Waals surface area contributed by atoms with Gasteiger partial charge in [-0.25, -0.2) is 0 Å². The number of hydrogen-bond donors (Lipinski definition) is 1. The highest BCUT2D eigenvalue weighted by atomic mass is 16.5. The first-order chi connectivity index (χ1) is 8.33. The van der Waals surface area contributed by atoms with Gasteiger partial charge in [-0.3, -0.25) is 0 Å². The molecule has 1 N–H and O–H groups in total. The molecule has 0 bridgehead atoms. The minimum absolute atomic E-state index is 0.449. The van der Waals surface area contributed by atoms with Crippen LogP contribution in [0.25, 0.3) is 0 Å². The fourth-order valence-corrected chi connectivity index (χ4v) is 2.23. The van der Waals surface area contributed by atoms with Crippen molar-refractivity contribution in [2.45, 2.75) is 51.7 Å². The van der Waals surface area contributed by atoms with E-state index in [4.69, 9.17) is 4.74 Å². The van der Waals surface area contributed by atoms with Crippen molar-refractivity contribution >= 4 is 0 Å². The first-order valence-corrected chi connectivity index (χ1v) is 6.83. The Labute approximate surface area is 104 Å². The minimum Gasteiger partial charge on any atom is -0.490 e. The Morgan fingerprint density at radius 2 is 2.18 bits per heavy atom. The van der Waals surface area contributed by atoms with E-state index in [2.05, 4.69) is 43.4 Å². The molecular weight excluding hydrogens is 210 g/mol. The van der Waals surface area contributed by atoms with Crippen molar-refractivity contribution in [1.29, 1.82) is 0 Å². The van der Waals surface area contributed by atoms with Crippen LogP contribution in [0.5, 0.6) is 5.75 Å². The van der Waals surface area contributed by atoms with Crippen LogP contribution in [0, 0.1) is 0 Å². The Kier molecular flexibility index (Phi) is 4.43. The molecule has 17 heavy (non-hydrogen) atoms. The topological polar surface area (TPSA) is 21.3 Å². The van der Waals surface area contributed by atoms with Gasteiger partial charge < -0.3 is 10.1 Å². The third-order valence-corrected chi connectivity index (χ3v) is 3.47. The van der Waals surface area contributed by atoms with Gasteiger partial charge in [-0.2, -0.15) is 0 Å². The van der Waals surface area contributed by atoms with Crippen LogP contribution in [0.3, 0.4) is 0 Å². The van der Waals surface area contributed by atoms with E-state index in [0.29, 0.717) is 12.1 Å². The molecule has 2 nitrogen and oxygen atoms in total. The lowest BCUT2D eigenvalue weighted by Gasteiger charge is -2.27. The molecular formula is C15H23NO. The Bertz CT molecular complexity index is 347. The summed E-state index contributed by atoms with van der Waals surface area (Å²) in [5.74, 6) is 1.03. The van der Waals surface area contributed by atoms with E-state index in [1.165, 1.54) is 24.8 Å². The average Bonchev–Trinajstić information content (AvgIpc) is 2.31. The molecule has 2 rings (SSSR count). The normalized spacial score (nSPS) is 17.5. The molecule has 0 saturated heterocycles. The highest BCUT2D eigenvalue weighted by Gasteiger charge is 2.19. The van der Waals surface area contributed by atoms with Gasteiger partial charge in [-0.05, 0) is 49.9 Å². The molecule has 1 unspecified atom stereocenters. The largest absolute Gasteiger partial charge is 0.490 e. The van der Waals surface area contributed by atoms with Gasteiger partial charge in [0.1, 0.15) is 5.75 Å². The van der Waals surface area contributed by atoms with E-state index in [-0.39, 0.29) is 0 Å². The summed E-state index contributed by atoms with van der Waals surface area (Å²) in [5.41, 5.74) is 1.34. The van der Waals surface area contributed by atoms with Gasteiger partial charge in [0.2, 0.25) is 0 Å². The highest BCUT2D eigenvalue weighted by molar-refractivity contribution is 5.30. The summed E-state index contributed by atoms with van der Waals surface area (Å²) in [7, 11) is 0. The van der Waals surface area contributed by atoms with Crippen molar-refractivity contribution in [2.75, 3.05) is 6.54 Å². The smallest absolute Gasteiger partial charge is 0.120 e. The summed E-state index contributed by atoms with van der Waals surface area (Å²) in [6.45, 7) is 5.37. The van der Waals surface area contributed by atoms with E-state index < -0.39 is 0 Å². The molecule has 0 heterocycles. The van der Waals surface area contributed by atoms with Gasteiger partial charge in [0.15, 0.2) is 0 Å². The number of rotatable bonds is 6. The van der Waals surface area contributed by atoms with Crippen molar-refractivity contribution < 1.29 is 4.74 Å². The van der Waals surface area contributed by atoms with Gasteiger partial charge in [-0.1, -0.05) is 26.0 Å². The number of ether oxygens (including phenoxy) is 1. The Balaban J connectivity index is 2.03. The molecule has 1 aliphatic rings. The second-order valence-corrected chi connectivity index (χ2v) is 4.76. The van der Waals surface area contributed by atoms with Crippen LogP contribution in [0.2, 0.25) is 0 Å². The summed E-state index contributed by atoms with van der Waals surface area (Å²) >= 11 is 0. The zero-order chi connectivity index (χ0) is 12.1. The van der Waals surface area contributed by atoms with Crippen molar-refractivity contribution in [1.82, 2.24) is 5.32 Å². The van der Waals surface area contributed by atoms with Crippen LogP contribution in [0.4, 0.5) is 0 Å². The maximum Gasteiger partial charge on any atom is 0.120 e. The lowest BCUT2D eigenvalue weighted by atomic mass is 9.96. The van der Waals surface area contributed by atoms with E-state index in [1.807, 2.05) is 0 Å². The third-order valence-electron chi connectivity index (χ3n) is 3.47. The summed E-state index contributed by atoms with van der Waals surface area (Å²) < 4.78 is 5.94. The van der Waals surface area contributed by atoms with Crippen LogP contribution in [-0.4, -0.2) is 12.6 Å². The number of benzene rings is 1. The van der Waals surface area contributed by atoms with Gasteiger partial charge in [0, 0.05) is 6.04 Å². The second-order valence-electron chi connectivity index (χ2n) is 4.76. The summed E-state index contributed by atoms with van der Waals surface area (Å²) in [4.78, 5) is 0. The molecule has 1 aromatic rings. The van der Waals surface area contributed by atoms with E-state index >= 15 is 0 Å². The standard InChI is InChI=1S/C15H23NO/c1-3-15(16-4-2)12-7-5-10-14(11-12)17-13-8-6-9-13/h5,7,10-11,13,15-16H,3-4,6,8-9H2,1-2H3. The average molecular weight is 233 g/mol. The molecule has 0 amide bonds. The molecule has 1 aliphatic carbocycles. The Hall–Kier alpha value is -1.02. The predicted molar refractivity (Wildman–Crippen MR) is 71.4 cm³/mol. The van der Waals surface area contributed by atoms with E-state index in [1.54, 1.807) is 0 Å². The van der Waals surface area contributed by atoms with E-state index in [0.717, 1.165) is 18.7 Å². The molecule has 1 aromatic carbocycles. The molecule has 1 fully saturated rings. The molecule has 0 spiro atoms. The van der Waals surface area contributed by atoms with E-state index in [9.17, 15) is 0 Å². The maximum atomic E-state index is 5.94. The molecule has 0 aromatic heterocycles. The van der Waals surface area contributed by atoms with Gasteiger partial charge in [0.05, 0.1) is 6.10 Å². The number of hydrogen-bond acceptors (Lipinski definition) is 2. The Morgan fingerprint density at radius 1 is 1.35 bits per heavy atom. The number of nitrogens with one attached hydrogen (secondary N) is 1. The van der Waals surface area contributed by atoms with Crippen LogP contribution in [0.15, 0.2) is 24.3 Å². The second kappa shape index (κ2) is 6.06. The zero-order valence-corrected chi connectivity index (χ0v) is 10.9. The SMILES string of the molecule is CCNC(CC)c1cccc(OC2CCC2)c1. The third kappa shape index (κ3) is 3.22. The Morgan fingerprint density at radius 3 is 2.76 bits per heavy atom. The highest BCUT2D eigenvalue weighted by Crippen LogP contribution is 2.27. The van der Waals surface area contributed by atoms with Gasteiger partial charge in [0.25, 0.3) is 0 Å². The van der Waals surface area contributed by atoms with Crippen LogP contribution in [-0.2, 0) is 0 Å². The minimum atomic E-state index is 0.449. The van der Waals surface area contributed by atoms with Crippen molar-refractivity contribution in [2.24, 2.45) is 0 Å². The lowest BCUT2D eigenvalue weighted by Crippen LogP contribution is -2.25. The van der Waals surface area contributed by atoms with Crippen molar-refractivity contribution in [3.05, 3.63) is 29.8 Å². The molecule has 0 aliphatic heterocycles. The molecule has 1 atom stereocenters. The molecule has 2 heteroatoms. The molecule has 94 valence electrons. The first-order valence-electron chi connectivity index (χ1n) is 6.83. The summed E-state index contributed by atoms with van der Waals surface area (Å²) in [5, 5.41) is 3.50. The monoisotopic (exact) mass is 233 g/mol.